The van der Waals surface area contributed by atoms with Gasteiger partial charge in [-0.05, 0) is 51.5 Å². The zero-order valence-corrected chi connectivity index (χ0v) is 19.0. The Morgan fingerprint density at radius 3 is 2.30 bits per heavy atom. The van der Waals surface area contributed by atoms with E-state index >= 15 is 0 Å². The first-order valence-corrected chi connectivity index (χ1v) is 11.3. The molecule has 0 radical (unpaired) electrons. The van der Waals surface area contributed by atoms with Crippen molar-refractivity contribution in [2.45, 2.75) is 38.2 Å². The number of piperazine rings is 1. The summed E-state index contributed by atoms with van der Waals surface area (Å²) >= 11 is 0. The van der Waals surface area contributed by atoms with Crippen LogP contribution < -0.4 is 4.72 Å². The maximum Gasteiger partial charge on any atom is 0.410 e. The molecular formula is C20H31N3O6S. The molecule has 0 atom stereocenters. The fourth-order valence-electron chi connectivity index (χ4n) is 3.09. The fraction of sp³-hybridized carbons (Fsp3) is 0.600. The molecule has 0 aromatic heterocycles. The van der Waals surface area contributed by atoms with Gasteiger partial charge in [0, 0.05) is 39.3 Å². The van der Waals surface area contributed by atoms with Gasteiger partial charge in [0.25, 0.3) is 0 Å². The molecule has 2 rings (SSSR count). The number of ether oxygens (including phenoxy) is 2. The van der Waals surface area contributed by atoms with Crippen LogP contribution in [0.4, 0.5) is 4.79 Å². The maximum absolute atomic E-state index is 12.6. The molecular weight excluding hydrogens is 410 g/mol. The number of carbonyl (C=O) groups is 2. The van der Waals surface area contributed by atoms with Crippen LogP contribution in [-0.2, 0) is 19.5 Å². The zero-order chi connectivity index (χ0) is 22.5. The van der Waals surface area contributed by atoms with Crippen molar-refractivity contribution < 1.29 is 27.5 Å². The van der Waals surface area contributed by atoms with Crippen LogP contribution in [-0.4, -0.2) is 82.3 Å². The number of methoxy groups -OCH3 is 1. The van der Waals surface area contributed by atoms with Crippen molar-refractivity contribution in [2.75, 3.05) is 46.4 Å². The Bertz CT molecular complexity index is 871. The molecule has 1 aliphatic heterocycles. The van der Waals surface area contributed by atoms with E-state index in [0.717, 1.165) is 0 Å². The third kappa shape index (κ3) is 6.68. The molecule has 1 heterocycles. The summed E-state index contributed by atoms with van der Waals surface area (Å²) in [6, 6.07) is 4.34. The van der Waals surface area contributed by atoms with Gasteiger partial charge in [0.1, 0.15) is 5.60 Å². The lowest BCUT2D eigenvalue weighted by molar-refractivity contribution is 0.0147. The number of amides is 1. The Balaban J connectivity index is 1.84. The monoisotopic (exact) mass is 441 g/mol. The second-order valence-corrected chi connectivity index (χ2v) is 9.91. The van der Waals surface area contributed by atoms with Gasteiger partial charge in [-0.15, -0.1) is 0 Å². The summed E-state index contributed by atoms with van der Waals surface area (Å²) in [7, 11) is -2.42. The highest BCUT2D eigenvalue weighted by Crippen LogP contribution is 2.17. The highest BCUT2D eigenvalue weighted by molar-refractivity contribution is 7.89. The minimum absolute atomic E-state index is 0.130. The van der Waals surface area contributed by atoms with E-state index in [-0.39, 0.29) is 17.5 Å². The van der Waals surface area contributed by atoms with Crippen LogP contribution in [0.2, 0.25) is 0 Å². The predicted octanol–water partition coefficient (Wildman–Crippen LogP) is 1.61. The average Bonchev–Trinajstić information content (AvgIpc) is 2.66. The number of carbonyl (C=O) groups excluding carboxylic acids is 2. The Kier molecular flexibility index (Phi) is 7.84. The average molecular weight is 442 g/mol. The van der Waals surface area contributed by atoms with Crippen molar-refractivity contribution in [2.24, 2.45) is 0 Å². The van der Waals surface area contributed by atoms with E-state index in [9.17, 15) is 18.0 Å². The number of benzene rings is 1. The molecule has 0 aliphatic carbocycles. The van der Waals surface area contributed by atoms with Gasteiger partial charge in [0.05, 0.1) is 17.6 Å². The molecule has 9 nitrogen and oxygen atoms in total. The number of hydrogen-bond donors (Lipinski definition) is 1. The van der Waals surface area contributed by atoms with Crippen molar-refractivity contribution in [3.63, 3.8) is 0 Å². The van der Waals surface area contributed by atoms with E-state index in [0.29, 0.717) is 43.9 Å². The summed E-state index contributed by atoms with van der Waals surface area (Å²) in [6.45, 7) is 10.3. The van der Waals surface area contributed by atoms with E-state index in [4.69, 9.17) is 4.74 Å². The number of rotatable bonds is 6. The van der Waals surface area contributed by atoms with Crippen LogP contribution in [0.15, 0.2) is 23.1 Å². The van der Waals surface area contributed by atoms with Crippen molar-refractivity contribution in [3.05, 3.63) is 29.3 Å². The van der Waals surface area contributed by atoms with Crippen LogP contribution in [0.1, 0.15) is 36.7 Å². The molecule has 1 aromatic carbocycles. The fourth-order valence-corrected chi connectivity index (χ4v) is 4.34. The van der Waals surface area contributed by atoms with Gasteiger partial charge in [0.15, 0.2) is 0 Å². The Morgan fingerprint density at radius 2 is 1.77 bits per heavy atom. The number of esters is 1. The lowest BCUT2D eigenvalue weighted by Crippen LogP contribution is -2.51. The molecule has 10 heteroatoms. The molecule has 0 bridgehead atoms. The van der Waals surface area contributed by atoms with Gasteiger partial charge in [-0.3, -0.25) is 4.90 Å². The number of sulfonamides is 1. The van der Waals surface area contributed by atoms with Crippen LogP contribution in [0.5, 0.6) is 0 Å². The Morgan fingerprint density at radius 1 is 1.13 bits per heavy atom. The van der Waals surface area contributed by atoms with E-state index in [2.05, 4.69) is 14.4 Å². The molecule has 1 aromatic rings. The zero-order valence-electron chi connectivity index (χ0n) is 18.2. The smallest absolute Gasteiger partial charge is 0.410 e. The van der Waals surface area contributed by atoms with Crippen LogP contribution in [0.25, 0.3) is 0 Å². The summed E-state index contributed by atoms with van der Waals surface area (Å²) in [5, 5.41) is 0. The third-order valence-corrected chi connectivity index (χ3v) is 6.25. The number of nitrogens with zero attached hydrogens (tertiary/aromatic N) is 2. The topological polar surface area (TPSA) is 105 Å². The Labute approximate surface area is 178 Å². The number of nitrogens with one attached hydrogen (secondary N) is 1. The molecule has 0 unspecified atom stereocenters. The van der Waals surface area contributed by atoms with E-state index in [1.54, 1.807) is 11.8 Å². The van der Waals surface area contributed by atoms with Gasteiger partial charge in [-0.25, -0.2) is 22.7 Å². The Hall–Kier alpha value is -2.17. The lowest BCUT2D eigenvalue weighted by atomic mass is 10.1. The minimum atomic E-state index is -3.70. The normalized spacial score (nSPS) is 15.7. The van der Waals surface area contributed by atoms with Crippen molar-refractivity contribution >= 4 is 22.1 Å². The first-order valence-electron chi connectivity index (χ1n) is 9.82. The first kappa shape index (κ1) is 24.1. The number of aryl methyl sites for hydroxylation is 1. The molecule has 1 fully saturated rings. The second kappa shape index (κ2) is 9.76. The molecule has 0 saturated carbocycles. The SMILES string of the molecule is COC(=O)c1ccc(S(=O)(=O)NCCN2CCN(C(=O)OC(C)(C)C)CC2)c(C)c1. The van der Waals surface area contributed by atoms with E-state index < -0.39 is 21.6 Å². The van der Waals surface area contributed by atoms with Crippen molar-refractivity contribution in [1.82, 2.24) is 14.5 Å². The van der Waals surface area contributed by atoms with Crippen molar-refractivity contribution in [1.29, 1.82) is 0 Å². The summed E-state index contributed by atoms with van der Waals surface area (Å²) in [4.78, 5) is 27.6. The lowest BCUT2D eigenvalue weighted by Gasteiger charge is -2.35. The largest absolute Gasteiger partial charge is 0.465 e. The van der Waals surface area contributed by atoms with E-state index in [1.165, 1.54) is 25.3 Å². The molecule has 30 heavy (non-hydrogen) atoms. The molecule has 1 N–H and O–H groups in total. The maximum atomic E-state index is 12.6. The molecule has 1 amide bonds. The van der Waals surface area contributed by atoms with Crippen LogP contribution >= 0.6 is 0 Å². The van der Waals surface area contributed by atoms with Crippen molar-refractivity contribution in [3.8, 4) is 0 Å². The predicted molar refractivity (Wildman–Crippen MR) is 112 cm³/mol. The highest BCUT2D eigenvalue weighted by atomic mass is 32.2. The molecule has 1 aliphatic rings. The molecule has 1 saturated heterocycles. The quantitative estimate of drug-likeness (QED) is 0.669. The summed E-state index contributed by atoms with van der Waals surface area (Å²) < 4.78 is 37.8. The standard InChI is InChI=1S/C20H31N3O6S/c1-15-14-16(18(24)28-5)6-7-17(15)30(26,27)21-8-9-22-10-12-23(13-11-22)19(25)29-20(2,3)4/h6-7,14,21H,8-13H2,1-5H3. The van der Waals surface area contributed by atoms with Crippen LogP contribution in [0, 0.1) is 6.92 Å². The van der Waals surface area contributed by atoms with Gasteiger partial charge in [-0.1, -0.05) is 0 Å². The van der Waals surface area contributed by atoms with Gasteiger partial charge >= 0.3 is 12.1 Å². The second-order valence-electron chi connectivity index (χ2n) is 8.18. The van der Waals surface area contributed by atoms with Gasteiger partial charge < -0.3 is 14.4 Å². The summed E-state index contributed by atoms with van der Waals surface area (Å²) in [6.07, 6.45) is -0.325. The third-order valence-electron chi connectivity index (χ3n) is 4.63. The summed E-state index contributed by atoms with van der Waals surface area (Å²) in [5.41, 5.74) is 0.243. The van der Waals surface area contributed by atoms with Crippen LogP contribution in [0.3, 0.4) is 0 Å². The molecule has 0 spiro atoms. The number of hydrogen-bond acceptors (Lipinski definition) is 7. The molecule has 168 valence electrons. The summed E-state index contributed by atoms with van der Waals surface area (Å²) in [5.74, 6) is -0.513. The minimum Gasteiger partial charge on any atom is -0.465 e. The highest BCUT2D eigenvalue weighted by Gasteiger charge is 2.26. The van der Waals surface area contributed by atoms with Gasteiger partial charge in [-0.2, -0.15) is 0 Å². The first-order chi connectivity index (χ1) is 13.9. The van der Waals surface area contributed by atoms with E-state index in [1.807, 2.05) is 20.8 Å². The van der Waals surface area contributed by atoms with Gasteiger partial charge in [0.2, 0.25) is 10.0 Å².